The van der Waals surface area contributed by atoms with Crippen LogP contribution in [-0.2, 0) is 11.3 Å². The third-order valence-electron chi connectivity index (χ3n) is 4.69. The fraction of sp³-hybridized carbons (Fsp3) is 0.667. The molecule has 1 aromatic rings. The highest BCUT2D eigenvalue weighted by atomic mass is 16.5. The molecule has 0 aromatic heterocycles. The van der Waals surface area contributed by atoms with Gasteiger partial charge < -0.3 is 9.64 Å². The van der Waals surface area contributed by atoms with Crippen LogP contribution in [0.2, 0.25) is 0 Å². The zero-order valence-electron chi connectivity index (χ0n) is 13.0. The largest absolute Gasteiger partial charge is 0.376 e. The molecule has 0 bridgehead atoms. The van der Waals surface area contributed by atoms with Crippen LogP contribution in [0.15, 0.2) is 30.3 Å². The summed E-state index contributed by atoms with van der Waals surface area (Å²) in [6, 6.07) is 10.8. The van der Waals surface area contributed by atoms with Crippen LogP contribution < -0.4 is 0 Å². The average molecular weight is 288 g/mol. The van der Waals surface area contributed by atoms with Crippen LogP contribution in [0.5, 0.6) is 0 Å². The molecule has 0 aliphatic carbocycles. The topological polar surface area (TPSA) is 15.7 Å². The van der Waals surface area contributed by atoms with Gasteiger partial charge in [-0.1, -0.05) is 36.8 Å². The van der Waals surface area contributed by atoms with Crippen molar-refractivity contribution < 1.29 is 4.74 Å². The Morgan fingerprint density at radius 3 is 2.57 bits per heavy atom. The van der Waals surface area contributed by atoms with E-state index in [1.54, 1.807) is 0 Å². The Labute approximate surface area is 128 Å². The van der Waals surface area contributed by atoms with E-state index < -0.39 is 0 Å². The lowest BCUT2D eigenvalue weighted by molar-refractivity contribution is 0.0392. The first-order valence-corrected chi connectivity index (χ1v) is 8.50. The van der Waals surface area contributed by atoms with Gasteiger partial charge in [-0.05, 0) is 37.9 Å². The number of rotatable bonds is 6. The van der Waals surface area contributed by atoms with E-state index in [0.717, 1.165) is 26.2 Å². The summed E-state index contributed by atoms with van der Waals surface area (Å²) in [4.78, 5) is 5.07. The van der Waals surface area contributed by atoms with Crippen molar-refractivity contribution in [2.24, 2.45) is 0 Å². The highest BCUT2D eigenvalue weighted by molar-refractivity contribution is 5.14. The van der Waals surface area contributed by atoms with E-state index in [-0.39, 0.29) is 0 Å². The molecule has 2 aliphatic heterocycles. The van der Waals surface area contributed by atoms with Crippen molar-refractivity contribution in [3.05, 3.63) is 35.9 Å². The minimum absolute atomic E-state index is 0.443. The summed E-state index contributed by atoms with van der Waals surface area (Å²) in [7, 11) is 0. The quantitative estimate of drug-likeness (QED) is 0.800. The molecule has 0 radical (unpaired) electrons. The highest BCUT2D eigenvalue weighted by Crippen LogP contribution is 2.16. The summed E-state index contributed by atoms with van der Waals surface area (Å²) in [6.07, 6.45) is 5.78. The normalized spacial score (nSPS) is 24.5. The number of likely N-dealkylation sites (tertiary alicyclic amines) is 2. The van der Waals surface area contributed by atoms with Crippen LogP contribution >= 0.6 is 0 Å². The van der Waals surface area contributed by atoms with Crippen molar-refractivity contribution in [3.63, 3.8) is 0 Å². The van der Waals surface area contributed by atoms with Gasteiger partial charge in [0, 0.05) is 26.2 Å². The van der Waals surface area contributed by atoms with Crippen molar-refractivity contribution in [1.29, 1.82) is 0 Å². The second-order valence-electron chi connectivity index (χ2n) is 6.40. The Morgan fingerprint density at radius 2 is 1.76 bits per heavy atom. The van der Waals surface area contributed by atoms with E-state index >= 15 is 0 Å². The maximum atomic E-state index is 6.09. The molecule has 3 rings (SSSR count). The summed E-state index contributed by atoms with van der Waals surface area (Å²) < 4.78 is 6.09. The van der Waals surface area contributed by atoms with Crippen LogP contribution in [0.1, 0.15) is 31.2 Å². The van der Waals surface area contributed by atoms with Gasteiger partial charge >= 0.3 is 0 Å². The van der Waals surface area contributed by atoms with Gasteiger partial charge in [0.15, 0.2) is 0 Å². The second kappa shape index (κ2) is 7.92. The Bertz CT molecular complexity index is 403. The minimum atomic E-state index is 0.443. The molecule has 1 unspecified atom stereocenters. The highest BCUT2D eigenvalue weighted by Gasteiger charge is 2.23. The molecule has 2 fully saturated rings. The Kier molecular flexibility index (Phi) is 5.67. The lowest BCUT2D eigenvalue weighted by atomic mass is 10.1. The zero-order valence-corrected chi connectivity index (χ0v) is 13.0. The third-order valence-corrected chi connectivity index (χ3v) is 4.69. The van der Waals surface area contributed by atoms with Crippen molar-refractivity contribution in [1.82, 2.24) is 9.80 Å². The number of benzene rings is 1. The van der Waals surface area contributed by atoms with Gasteiger partial charge in [0.2, 0.25) is 0 Å². The van der Waals surface area contributed by atoms with Gasteiger partial charge in [0.25, 0.3) is 0 Å². The number of hydrogen-bond acceptors (Lipinski definition) is 3. The maximum Gasteiger partial charge on any atom is 0.0714 e. The predicted octanol–water partition coefficient (Wildman–Crippen LogP) is 2.76. The van der Waals surface area contributed by atoms with Gasteiger partial charge in [-0.3, -0.25) is 4.90 Å². The molecular weight excluding hydrogens is 260 g/mol. The van der Waals surface area contributed by atoms with E-state index in [0.29, 0.717) is 6.10 Å². The summed E-state index contributed by atoms with van der Waals surface area (Å²) in [5.41, 5.74) is 1.41. The standard InChI is InChI=1S/C18H28N2O/c1-3-7-17(8-4-1)15-20-12-9-18(16-20)21-14-13-19-10-5-2-6-11-19/h1,3-4,7-8,18H,2,5-6,9-16H2. The lowest BCUT2D eigenvalue weighted by Crippen LogP contribution is -2.34. The molecule has 0 spiro atoms. The molecule has 1 atom stereocenters. The van der Waals surface area contributed by atoms with Crippen molar-refractivity contribution >= 4 is 0 Å². The number of ether oxygens (including phenoxy) is 1. The SMILES string of the molecule is c1ccc(CN2CCC(OCCN3CCCCC3)C2)cc1. The Balaban J connectivity index is 1.33. The van der Waals surface area contributed by atoms with Crippen LogP contribution in [0.3, 0.4) is 0 Å². The lowest BCUT2D eigenvalue weighted by Gasteiger charge is -2.26. The van der Waals surface area contributed by atoms with Gasteiger partial charge in [-0.25, -0.2) is 0 Å². The van der Waals surface area contributed by atoms with Crippen molar-refractivity contribution in [2.45, 2.75) is 38.3 Å². The van der Waals surface area contributed by atoms with Crippen molar-refractivity contribution in [3.8, 4) is 0 Å². The van der Waals surface area contributed by atoms with Crippen LogP contribution in [0.25, 0.3) is 0 Å². The molecule has 1 aromatic carbocycles. The molecule has 3 nitrogen and oxygen atoms in total. The summed E-state index contributed by atoms with van der Waals surface area (Å²) >= 11 is 0. The molecule has 2 saturated heterocycles. The third kappa shape index (κ3) is 4.80. The fourth-order valence-electron chi connectivity index (χ4n) is 3.45. The molecule has 2 heterocycles. The average Bonchev–Trinajstić information content (AvgIpc) is 2.97. The zero-order chi connectivity index (χ0) is 14.3. The monoisotopic (exact) mass is 288 g/mol. The maximum absolute atomic E-state index is 6.09. The summed E-state index contributed by atoms with van der Waals surface area (Å²) in [5, 5.41) is 0. The van der Waals surface area contributed by atoms with E-state index in [4.69, 9.17) is 4.74 Å². The molecule has 21 heavy (non-hydrogen) atoms. The number of hydrogen-bond donors (Lipinski definition) is 0. The van der Waals surface area contributed by atoms with Gasteiger partial charge in [-0.15, -0.1) is 0 Å². The van der Waals surface area contributed by atoms with Crippen molar-refractivity contribution in [2.75, 3.05) is 39.3 Å². The molecule has 0 N–H and O–H groups in total. The van der Waals surface area contributed by atoms with Gasteiger partial charge in [-0.2, -0.15) is 0 Å². The summed E-state index contributed by atoms with van der Waals surface area (Å²) in [6.45, 7) is 7.90. The van der Waals surface area contributed by atoms with E-state index in [1.165, 1.54) is 50.9 Å². The molecule has 3 heteroatoms. The minimum Gasteiger partial charge on any atom is -0.376 e. The van der Waals surface area contributed by atoms with Crippen LogP contribution in [-0.4, -0.2) is 55.2 Å². The fourth-order valence-corrected chi connectivity index (χ4v) is 3.45. The second-order valence-corrected chi connectivity index (χ2v) is 6.40. The molecular formula is C18H28N2O. The smallest absolute Gasteiger partial charge is 0.0714 e. The van der Waals surface area contributed by atoms with E-state index in [1.807, 2.05) is 0 Å². The first-order chi connectivity index (χ1) is 10.4. The van der Waals surface area contributed by atoms with Crippen LogP contribution in [0, 0.1) is 0 Å². The Hall–Kier alpha value is -0.900. The number of nitrogens with zero attached hydrogens (tertiary/aromatic N) is 2. The molecule has 116 valence electrons. The van der Waals surface area contributed by atoms with E-state index in [9.17, 15) is 0 Å². The molecule has 0 amide bonds. The Morgan fingerprint density at radius 1 is 0.952 bits per heavy atom. The van der Waals surface area contributed by atoms with Crippen LogP contribution in [0.4, 0.5) is 0 Å². The van der Waals surface area contributed by atoms with E-state index in [2.05, 4.69) is 40.1 Å². The predicted molar refractivity (Wildman–Crippen MR) is 86.4 cm³/mol. The molecule has 2 aliphatic rings. The number of piperidine rings is 1. The summed E-state index contributed by atoms with van der Waals surface area (Å²) in [5.74, 6) is 0. The first-order valence-electron chi connectivity index (χ1n) is 8.50. The van der Waals surface area contributed by atoms with Gasteiger partial charge in [0.1, 0.15) is 0 Å². The van der Waals surface area contributed by atoms with Gasteiger partial charge in [0.05, 0.1) is 12.7 Å². The molecule has 0 saturated carbocycles. The first kappa shape index (κ1) is 15.0.